The highest BCUT2D eigenvalue weighted by molar-refractivity contribution is 6.18. The van der Waals surface area contributed by atoms with E-state index in [2.05, 4.69) is 130 Å². The lowest BCUT2D eigenvalue weighted by atomic mass is 9.81. The Labute approximate surface area is 224 Å². The minimum atomic E-state index is 0.119. The Morgan fingerprint density at radius 2 is 1.45 bits per heavy atom. The first-order valence-corrected chi connectivity index (χ1v) is 13.5. The smallest absolute Gasteiger partial charge is 0.228 e. The highest BCUT2D eigenvalue weighted by Gasteiger charge is 2.34. The first-order chi connectivity index (χ1) is 18.3. The second-order valence-corrected chi connectivity index (χ2v) is 11.9. The van der Waals surface area contributed by atoms with Gasteiger partial charge < -0.3 is 4.74 Å². The lowest BCUT2D eigenvalue weighted by Gasteiger charge is -2.28. The molecule has 1 aliphatic heterocycles. The molecule has 0 saturated heterocycles. The number of nitrogens with zero attached hydrogens (tertiary/aromatic N) is 1. The molecular formula is C36H32NO+. The van der Waals surface area contributed by atoms with Crippen LogP contribution in [-0.2, 0) is 13.5 Å². The van der Waals surface area contributed by atoms with Crippen molar-refractivity contribution in [1.82, 2.24) is 0 Å². The molecule has 0 unspecified atom stereocenters. The summed E-state index contributed by atoms with van der Waals surface area (Å²) in [6.45, 7) is 9.19. The number of ether oxygens (including phenoxy) is 1. The number of benzene rings is 5. The van der Waals surface area contributed by atoms with Crippen LogP contribution in [0.1, 0.15) is 31.9 Å². The molecular weight excluding hydrogens is 462 g/mol. The third-order valence-electron chi connectivity index (χ3n) is 8.01. The summed E-state index contributed by atoms with van der Waals surface area (Å²) in [4.78, 5) is 0. The summed E-state index contributed by atoms with van der Waals surface area (Å²) in [6, 6.07) is 30.7. The van der Waals surface area contributed by atoms with Gasteiger partial charge in [0.2, 0.25) is 5.69 Å². The van der Waals surface area contributed by atoms with Gasteiger partial charge in [0.25, 0.3) is 0 Å². The fraction of sp³-hybridized carbons (Fsp3) is 0.194. The molecule has 1 aliphatic rings. The van der Waals surface area contributed by atoms with Gasteiger partial charge in [-0.1, -0.05) is 93.6 Å². The molecule has 0 N–H and O–H groups in total. The summed E-state index contributed by atoms with van der Waals surface area (Å²) in [6.07, 6.45) is 3.15. The summed E-state index contributed by atoms with van der Waals surface area (Å²) in [7, 11) is 2.16. The monoisotopic (exact) mass is 494 g/mol. The van der Waals surface area contributed by atoms with E-state index in [9.17, 15) is 0 Å². The number of fused-ring (bicyclic) bond motifs is 5. The number of hydrogen-bond donors (Lipinski definition) is 0. The minimum absolute atomic E-state index is 0.119. The van der Waals surface area contributed by atoms with E-state index in [0.29, 0.717) is 0 Å². The first-order valence-electron chi connectivity index (χ1n) is 13.5. The van der Waals surface area contributed by atoms with Gasteiger partial charge in [0.15, 0.2) is 6.20 Å². The molecule has 2 nitrogen and oxygen atoms in total. The highest BCUT2D eigenvalue weighted by atomic mass is 16.5. The summed E-state index contributed by atoms with van der Waals surface area (Å²) in [5.41, 5.74) is 7.61. The predicted molar refractivity (Wildman–Crippen MR) is 159 cm³/mol. The Bertz CT molecular complexity index is 1910. The SMILES string of the molecule is Cc1c2c(c(CC(C)(C)C)c3ccccc13)Oc1cc3c(-c4ccccc4)cccc3c3cc[n+](C)c-2c13. The van der Waals surface area contributed by atoms with Crippen LogP contribution in [0.4, 0.5) is 0 Å². The number of pyridine rings is 1. The summed E-state index contributed by atoms with van der Waals surface area (Å²) in [5.74, 6) is 1.96. The Morgan fingerprint density at radius 1 is 0.737 bits per heavy atom. The van der Waals surface area contributed by atoms with Gasteiger partial charge in [0.05, 0.1) is 10.9 Å². The zero-order valence-electron chi connectivity index (χ0n) is 22.7. The van der Waals surface area contributed by atoms with E-state index in [0.717, 1.165) is 17.9 Å². The van der Waals surface area contributed by atoms with Crippen molar-refractivity contribution in [3.05, 3.63) is 102 Å². The second-order valence-electron chi connectivity index (χ2n) is 11.9. The molecule has 2 heteroatoms. The van der Waals surface area contributed by atoms with Crippen molar-refractivity contribution in [1.29, 1.82) is 0 Å². The van der Waals surface area contributed by atoms with E-state index in [-0.39, 0.29) is 5.41 Å². The van der Waals surface area contributed by atoms with Crippen molar-refractivity contribution in [2.45, 2.75) is 34.1 Å². The van der Waals surface area contributed by atoms with Crippen molar-refractivity contribution in [3.8, 4) is 33.9 Å². The lowest BCUT2D eigenvalue weighted by Crippen LogP contribution is -2.32. The normalized spacial score (nSPS) is 12.7. The van der Waals surface area contributed by atoms with Crippen LogP contribution in [0.2, 0.25) is 0 Å². The Hall–Kier alpha value is -4.17. The maximum atomic E-state index is 7.06. The maximum absolute atomic E-state index is 7.06. The van der Waals surface area contributed by atoms with Gasteiger partial charge in [-0.15, -0.1) is 0 Å². The molecule has 1 aromatic heterocycles. The minimum Gasteiger partial charge on any atom is -0.455 e. The van der Waals surface area contributed by atoms with Crippen LogP contribution in [-0.4, -0.2) is 0 Å². The van der Waals surface area contributed by atoms with Crippen LogP contribution in [0.3, 0.4) is 0 Å². The van der Waals surface area contributed by atoms with E-state index in [4.69, 9.17) is 4.74 Å². The predicted octanol–water partition coefficient (Wildman–Crippen LogP) is 9.31. The summed E-state index contributed by atoms with van der Waals surface area (Å²) in [5, 5.41) is 7.51. The topological polar surface area (TPSA) is 13.1 Å². The van der Waals surface area contributed by atoms with Gasteiger partial charge in [-0.05, 0) is 63.1 Å². The van der Waals surface area contributed by atoms with Crippen molar-refractivity contribution in [2.75, 3.05) is 0 Å². The molecule has 0 aliphatic carbocycles. The molecule has 38 heavy (non-hydrogen) atoms. The van der Waals surface area contributed by atoms with E-state index < -0.39 is 0 Å². The molecule has 0 amide bonds. The lowest BCUT2D eigenvalue weighted by molar-refractivity contribution is -0.659. The van der Waals surface area contributed by atoms with Crippen LogP contribution < -0.4 is 9.30 Å². The molecule has 0 radical (unpaired) electrons. The third kappa shape index (κ3) is 3.36. The molecule has 0 spiro atoms. The Morgan fingerprint density at radius 3 is 2.21 bits per heavy atom. The van der Waals surface area contributed by atoms with Crippen LogP contribution in [0.25, 0.3) is 54.7 Å². The zero-order valence-corrected chi connectivity index (χ0v) is 22.7. The largest absolute Gasteiger partial charge is 0.455 e. The van der Waals surface area contributed by atoms with Crippen LogP contribution in [0, 0.1) is 12.3 Å². The summed E-state index contributed by atoms with van der Waals surface area (Å²) < 4.78 is 9.34. The molecule has 6 aromatic rings. The Balaban J connectivity index is 1.63. The van der Waals surface area contributed by atoms with Crippen molar-refractivity contribution in [2.24, 2.45) is 12.5 Å². The second kappa shape index (κ2) is 8.16. The van der Waals surface area contributed by atoms with Crippen molar-refractivity contribution >= 4 is 32.3 Å². The van der Waals surface area contributed by atoms with Gasteiger partial charge in [-0.2, -0.15) is 0 Å². The molecule has 5 aromatic carbocycles. The van der Waals surface area contributed by atoms with E-state index in [1.54, 1.807) is 0 Å². The van der Waals surface area contributed by atoms with Gasteiger partial charge >= 0.3 is 0 Å². The molecule has 7 rings (SSSR count). The van der Waals surface area contributed by atoms with Gasteiger partial charge in [0, 0.05) is 17.0 Å². The quantitative estimate of drug-likeness (QED) is 0.172. The molecule has 0 saturated carbocycles. The van der Waals surface area contributed by atoms with Gasteiger partial charge in [-0.3, -0.25) is 0 Å². The molecule has 186 valence electrons. The van der Waals surface area contributed by atoms with Crippen molar-refractivity contribution < 1.29 is 9.30 Å². The highest BCUT2D eigenvalue weighted by Crippen LogP contribution is 2.53. The van der Waals surface area contributed by atoms with Crippen LogP contribution >= 0.6 is 0 Å². The first kappa shape index (κ1) is 23.0. The van der Waals surface area contributed by atoms with Gasteiger partial charge in [0.1, 0.15) is 18.5 Å². The number of rotatable bonds is 2. The van der Waals surface area contributed by atoms with Crippen LogP contribution in [0.5, 0.6) is 11.5 Å². The maximum Gasteiger partial charge on any atom is 0.228 e. The number of aryl methyl sites for hydroxylation is 2. The van der Waals surface area contributed by atoms with Crippen LogP contribution in [0.15, 0.2) is 91.1 Å². The van der Waals surface area contributed by atoms with E-state index in [1.165, 1.54) is 65.8 Å². The third-order valence-corrected chi connectivity index (χ3v) is 8.01. The number of hydrogen-bond acceptors (Lipinski definition) is 1. The fourth-order valence-corrected chi connectivity index (χ4v) is 6.40. The molecule has 0 bridgehead atoms. The molecule has 0 atom stereocenters. The Kier molecular flexibility index (Phi) is 4.94. The van der Waals surface area contributed by atoms with E-state index in [1.807, 2.05) is 0 Å². The average molecular weight is 495 g/mol. The van der Waals surface area contributed by atoms with Crippen molar-refractivity contribution in [3.63, 3.8) is 0 Å². The van der Waals surface area contributed by atoms with Gasteiger partial charge in [-0.25, -0.2) is 4.57 Å². The average Bonchev–Trinajstić information content (AvgIpc) is 2.91. The summed E-state index contributed by atoms with van der Waals surface area (Å²) >= 11 is 0. The zero-order chi connectivity index (χ0) is 26.2. The standard InChI is InChI=1S/C36H32NO/c1-22-24-14-9-10-15-26(24)30(21-36(2,3)4)35-32(22)34-33-28(18-19-37(34)5)27-17-11-16-25(23-12-7-6-8-13-23)29(27)20-31(33)38-35/h6-20H,21H2,1-5H3/q+1. The van der Waals surface area contributed by atoms with E-state index >= 15 is 0 Å². The fourth-order valence-electron chi connectivity index (χ4n) is 6.40. The number of aromatic nitrogens is 1. The molecule has 0 fully saturated rings. The molecule has 2 heterocycles.